The molecular weight excluding hydrogens is 291 g/mol. The van der Waals surface area contributed by atoms with E-state index in [1.54, 1.807) is 6.92 Å². The average molecular weight is 308 g/mol. The summed E-state index contributed by atoms with van der Waals surface area (Å²) in [5.41, 5.74) is -1.92. The molecule has 6 heteroatoms. The number of alkyl halides is 3. The van der Waals surface area contributed by atoms with Crippen LogP contribution < -0.4 is 5.32 Å². The predicted octanol–water partition coefficient (Wildman–Crippen LogP) is 3.57. The van der Waals surface area contributed by atoms with Gasteiger partial charge in [-0.2, -0.15) is 13.2 Å². The number of benzene rings is 1. The predicted molar refractivity (Wildman–Crippen MR) is 71.6 cm³/mol. The highest BCUT2D eigenvalue weighted by Gasteiger charge is 2.38. The Labute approximate surface area is 120 Å². The van der Waals surface area contributed by atoms with Crippen molar-refractivity contribution in [2.45, 2.75) is 31.5 Å². The van der Waals surface area contributed by atoms with Gasteiger partial charge in [-0.1, -0.05) is 17.7 Å². The Balaban J connectivity index is 2.36. The van der Waals surface area contributed by atoms with Gasteiger partial charge in [-0.05, 0) is 56.5 Å². The summed E-state index contributed by atoms with van der Waals surface area (Å²) >= 11 is 5.61. The lowest BCUT2D eigenvalue weighted by atomic mass is 9.77. The van der Waals surface area contributed by atoms with Gasteiger partial charge in [0.05, 0.1) is 16.2 Å². The molecule has 1 aromatic rings. The second-order valence-electron chi connectivity index (χ2n) is 5.36. The van der Waals surface area contributed by atoms with Crippen LogP contribution in [-0.4, -0.2) is 18.2 Å². The van der Waals surface area contributed by atoms with E-state index in [0.717, 1.165) is 32.0 Å². The van der Waals surface area contributed by atoms with Crippen LogP contribution in [0.2, 0.25) is 5.02 Å². The molecule has 2 rings (SSSR count). The Hall–Kier alpha value is -0.780. The molecule has 0 spiro atoms. The number of piperidine rings is 1. The quantitative estimate of drug-likeness (QED) is 0.875. The fraction of sp³-hybridized carbons (Fsp3) is 0.571. The van der Waals surface area contributed by atoms with Crippen LogP contribution in [0.25, 0.3) is 0 Å². The van der Waals surface area contributed by atoms with Gasteiger partial charge in [-0.3, -0.25) is 0 Å². The maximum atomic E-state index is 12.9. The van der Waals surface area contributed by atoms with E-state index in [0.29, 0.717) is 0 Å². The van der Waals surface area contributed by atoms with Crippen molar-refractivity contribution in [3.63, 3.8) is 0 Å². The monoisotopic (exact) mass is 307 g/mol. The summed E-state index contributed by atoms with van der Waals surface area (Å²) in [6.07, 6.45) is -3.05. The number of aliphatic hydroxyl groups is 1. The first-order chi connectivity index (χ1) is 9.23. The van der Waals surface area contributed by atoms with Gasteiger partial charge in [0.25, 0.3) is 0 Å². The van der Waals surface area contributed by atoms with Crippen molar-refractivity contribution in [1.29, 1.82) is 0 Å². The standard InChI is InChI=1S/C14H17ClF3NO/c1-13(20,9-4-6-19-7-5-9)10-2-3-12(15)11(8-10)14(16,17)18/h2-3,8-9,19-20H,4-7H2,1H3. The summed E-state index contributed by atoms with van der Waals surface area (Å²) in [6.45, 7) is 3.10. The minimum absolute atomic E-state index is 0.0639. The number of rotatable bonds is 2. The zero-order valence-corrected chi connectivity index (χ0v) is 11.9. The molecule has 2 nitrogen and oxygen atoms in total. The summed E-state index contributed by atoms with van der Waals surface area (Å²) in [7, 11) is 0. The Morgan fingerprint density at radius 1 is 1.25 bits per heavy atom. The van der Waals surface area contributed by atoms with E-state index in [4.69, 9.17) is 11.6 Å². The van der Waals surface area contributed by atoms with Crippen molar-refractivity contribution in [2.24, 2.45) is 5.92 Å². The molecule has 1 unspecified atom stereocenters. The Kier molecular flexibility index (Phi) is 4.33. The molecule has 0 bridgehead atoms. The van der Waals surface area contributed by atoms with Crippen LogP contribution in [0.1, 0.15) is 30.9 Å². The fourth-order valence-electron chi connectivity index (χ4n) is 2.68. The lowest BCUT2D eigenvalue weighted by Crippen LogP contribution is -2.40. The first-order valence-electron chi connectivity index (χ1n) is 6.53. The molecule has 1 saturated heterocycles. The Bertz CT molecular complexity index is 482. The van der Waals surface area contributed by atoms with Crippen molar-refractivity contribution in [2.75, 3.05) is 13.1 Å². The SMILES string of the molecule is CC(O)(c1ccc(Cl)c(C(F)(F)F)c1)C1CCNCC1. The van der Waals surface area contributed by atoms with Crippen molar-refractivity contribution in [3.8, 4) is 0 Å². The summed E-state index contributed by atoms with van der Waals surface area (Å²) in [6, 6.07) is 3.64. The number of nitrogens with one attached hydrogen (secondary N) is 1. The van der Waals surface area contributed by atoms with Gasteiger partial charge in [-0.25, -0.2) is 0 Å². The largest absolute Gasteiger partial charge is 0.417 e. The molecule has 112 valence electrons. The molecule has 1 fully saturated rings. The summed E-state index contributed by atoms with van der Waals surface area (Å²) in [5.74, 6) is -0.0639. The van der Waals surface area contributed by atoms with Crippen molar-refractivity contribution in [1.82, 2.24) is 5.32 Å². The zero-order chi connectivity index (χ0) is 15.0. The zero-order valence-electron chi connectivity index (χ0n) is 11.1. The molecule has 20 heavy (non-hydrogen) atoms. The molecule has 1 aliphatic rings. The van der Waals surface area contributed by atoms with Gasteiger partial charge in [0, 0.05) is 0 Å². The molecule has 1 aliphatic heterocycles. The molecule has 0 saturated carbocycles. The highest BCUT2D eigenvalue weighted by Crippen LogP contribution is 2.40. The van der Waals surface area contributed by atoms with Gasteiger partial charge in [0.15, 0.2) is 0 Å². The number of hydrogen-bond donors (Lipinski definition) is 2. The fourth-order valence-corrected chi connectivity index (χ4v) is 2.90. The van der Waals surface area contributed by atoms with Crippen LogP contribution in [-0.2, 0) is 11.8 Å². The van der Waals surface area contributed by atoms with Crippen LogP contribution in [0.5, 0.6) is 0 Å². The lowest BCUT2D eigenvalue weighted by molar-refractivity contribution is -0.137. The van der Waals surface area contributed by atoms with E-state index in [1.165, 1.54) is 12.1 Å². The summed E-state index contributed by atoms with van der Waals surface area (Å²) in [4.78, 5) is 0. The maximum absolute atomic E-state index is 12.9. The summed E-state index contributed by atoms with van der Waals surface area (Å²) < 4.78 is 38.6. The van der Waals surface area contributed by atoms with Crippen LogP contribution in [0.3, 0.4) is 0 Å². The number of hydrogen-bond acceptors (Lipinski definition) is 2. The second kappa shape index (κ2) is 5.54. The average Bonchev–Trinajstić information content (AvgIpc) is 2.38. The molecule has 2 N–H and O–H groups in total. The maximum Gasteiger partial charge on any atom is 0.417 e. The van der Waals surface area contributed by atoms with E-state index >= 15 is 0 Å². The van der Waals surface area contributed by atoms with Gasteiger partial charge in [0.1, 0.15) is 0 Å². The Morgan fingerprint density at radius 2 is 1.85 bits per heavy atom. The highest BCUT2D eigenvalue weighted by atomic mass is 35.5. The van der Waals surface area contributed by atoms with Gasteiger partial charge in [0.2, 0.25) is 0 Å². The van der Waals surface area contributed by atoms with Crippen molar-refractivity contribution >= 4 is 11.6 Å². The van der Waals surface area contributed by atoms with Gasteiger partial charge in [-0.15, -0.1) is 0 Å². The van der Waals surface area contributed by atoms with Crippen molar-refractivity contribution < 1.29 is 18.3 Å². The second-order valence-corrected chi connectivity index (χ2v) is 5.77. The third-order valence-electron chi connectivity index (χ3n) is 3.99. The molecule has 0 aromatic heterocycles. The lowest BCUT2D eigenvalue weighted by Gasteiger charge is -2.36. The molecular formula is C14H17ClF3NO. The molecule has 1 heterocycles. The minimum Gasteiger partial charge on any atom is -0.385 e. The van der Waals surface area contributed by atoms with E-state index in [1.807, 2.05) is 0 Å². The van der Waals surface area contributed by atoms with E-state index in [9.17, 15) is 18.3 Å². The first-order valence-corrected chi connectivity index (χ1v) is 6.91. The van der Waals surface area contributed by atoms with Crippen LogP contribution in [0.4, 0.5) is 13.2 Å². The van der Waals surface area contributed by atoms with Crippen LogP contribution in [0.15, 0.2) is 18.2 Å². The van der Waals surface area contributed by atoms with Gasteiger partial charge >= 0.3 is 6.18 Å². The highest BCUT2D eigenvalue weighted by molar-refractivity contribution is 6.31. The molecule has 1 atom stereocenters. The van der Waals surface area contributed by atoms with Crippen LogP contribution in [0, 0.1) is 5.92 Å². The molecule has 0 amide bonds. The van der Waals surface area contributed by atoms with E-state index in [-0.39, 0.29) is 16.5 Å². The van der Waals surface area contributed by atoms with Gasteiger partial charge < -0.3 is 10.4 Å². The Morgan fingerprint density at radius 3 is 2.40 bits per heavy atom. The molecule has 0 aliphatic carbocycles. The molecule has 0 radical (unpaired) electrons. The van der Waals surface area contributed by atoms with E-state index < -0.39 is 17.3 Å². The third kappa shape index (κ3) is 3.10. The minimum atomic E-state index is -4.52. The normalized spacial score (nSPS) is 20.7. The summed E-state index contributed by atoms with van der Waals surface area (Å²) in [5, 5.41) is 13.5. The molecule has 1 aromatic carbocycles. The van der Waals surface area contributed by atoms with E-state index in [2.05, 4.69) is 5.32 Å². The number of halogens is 4. The van der Waals surface area contributed by atoms with Crippen LogP contribution >= 0.6 is 11.6 Å². The third-order valence-corrected chi connectivity index (χ3v) is 4.32. The topological polar surface area (TPSA) is 32.3 Å². The smallest absolute Gasteiger partial charge is 0.385 e. The van der Waals surface area contributed by atoms with Crippen molar-refractivity contribution in [3.05, 3.63) is 34.3 Å². The first kappa shape index (κ1) is 15.6.